The fraction of sp³-hybridized carbons (Fsp3) is 0.241. The molecule has 0 atom stereocenters. The van der Waals surface area contributed by atoms with Crippen molar-refractivity contribution in [3.8, 4) is 11.1 Å². The molecule has 8 heteroatoms. The van der Waals surface area contributed by atoms with Gasteiger partial charge >= 0.3 is 6.18 Å². The summed E-state index contributed by atoms with van der Waals surface area (Å²) in [4.78, 5) is 20.2. The number of rotatable bonds is 5. The molecule has 4 aromatic rings. The minimum absolute atomic E-state index is 0. The zero-order valence-corrected chi connectivity index (χ0v) is 20.9. The lowest BCUT2D eigenvalue weighted by molar-refractivity contribution is -0.137. The topological polar surface area (TPSA) is 45.2 Å². The standard InChI is InChI=1S/C29H26F3N3O.ClH/c30-29(31,32)22-12-9-20(10-13-22)25-6-2-3-7-26(25)28(36)34-23-15-17-35(18-16-23)19-24-14-11-21-5-1-4-8-27(21)33-24;/h1-14,23H,15-19H2,(H,34,36);1H. The molecule has 3 aromatic carbocycles. The van der Waals surface area contributed by atoms with E-state index in [9.17, 15) is 18.0 Å². The summed E-state index contributed by atoms with van der Waals surface area (Å²) in [5.74, 6) is -0.208. The summed E-state index contributed by atoms with van der Waals surface area (Å²) >= 11 is 0. The molecular formula is C29H27ClF3N3O. The number of alkyl halides is 3. The first-order valence-electron chi connectivity index (χ1n) is 12.0. The van der Waals surface area contributed by atoms with E-state index in [2.05, 4.69) is 28.4 Å². The van der Waals surface area contributed by atoms with Gasteiger partial charge in [-0.1, -0.05) is 54.6 Å². The number of hydrogen-bond donors (Lipinski definition) is 1. The molecule has 4 nitrogen and oxygen atoms in total. The molecule has 1 fully saturated rings. The first kappa shape index (κ1) is 26.6. The number of aromatic nitrogens is 1. The van der Waals surface area contributed by atoms with Crippen LogP contribution >= 0.6 is 12.4 Å². The predicted octanol–water partition coefficient (Wildman–Crippen LogP) is 6.74. The van der Waals surface area contributed by atoms with Crippen molar-refractivity contribution in [1.82, 2.24) is 15.2 Å². The van der Waals surface area contributed by atoms with Gasteiger partial charge in [-0.3, -0.25) is 14.7 Å². The van der Waals surface area contributed by atoms with Gasteiger partial charge in [0.1, 0.15) is 0 Å². The van der Waals surface area contributed by atoms with Crippen LogP contribution in [0.2, 0.25) is 0 Å². The van der Waals surface area contributed by atoms with Crippen molar-refractivity contribution in [2.24, 2.45) is 0 Å². The fourth-order valence-electron chi connectivity index (χ4n) is 4.70. The van der Waals surface area contributed by atoms with Gasteiger partial charge in [-0.25, -0.2) is 0 Å². The molecule has 192 valence electrons. The highest BCUT2D eigenvalue weighted by atomic mass is 35.5. The molecule has 1 aliphatic rings. The maximum atomic E-state index is 13.1. The van der Waals surface area contributed by atoms with Gasteiger partial charge in [-0.15, -0.1) is 12.4 Å². The van der Waals surface area contributed by atoms with Gasteiger partial charge in [-0.2, -0.15) is 13.2 Å². The third-order valence-electron chi connectivity index (χ3n) is 6.66. The largest absolute Gasteiger partial charge is 0.416 e. The Morgan fingerprint density at radius 1 is 0.892 bits per heavy atom. The summed E-state index contributed by atoms with van der Waals surface area (Å²) in [7, 11) is 0. The Kier molecular flexibility index (Phi) is 8.15. The number of benzene rings is 3. The average Bonchev–Trinajstić information content (AvgIpc) is 2.89. The van der Waals surface area contributed by atoms with Gasteiger partial charge < -0.3 is 5.32 Å². The highest BCUT2D eigenvalue weighted by molar-refractivity contribution is 6.01. The molecule has 2 heterocycles. The van der Waals surface area contributed by atoms with Crippen molar-refractivity contribution in [1.29, 1.82) is 0 Å². The maximum absolute atomic E-state index is 13.1. The van der Waals surface area contributed by atoms with Crippen LogP contribution < -0.4 is 5.32 Å². The summed E-state index contributed by atoms with van der Waals surface area (Å²) in [6.07, 6.45) is -2.75. The normalized spacial score (nSPS) is 14.8. The van der Waals surface area contributed by atoms with E-state index in [4.69, 9.17) is 4.98 Å². The number of fused-ring (bicyclic) bond motifs is 1. The molecule has 0 unspecified atom stereocenters. The number of amides is 1. The number of nitrogens with one attached hydrogen (secondary N) is 1. The lowest BCUT2D eigenvalue weighted by atomic mass is 9.97. The fourth-order valence-corrected chi connectivity index (χ4v) is 4.70. The van der Waals surface area contributed by atoms with E-state index in [0.717, 1.165) is 61.2 Å². The number of likely N-dealkylation sites (tertiary alicyclic amines) is 1. The van der Waals surface area contributed by atoms with Crippen molar-refractivity contribution >= 4 is 29.2 Å². The highest BCUT2D eigenvalue weighted by Crippen LogP contribution is 2.32. The first-order valence-corrected chi connectivity index (χ1v) is 12.0. The van der Waals surface area contributed by atoms with Crippen molar-refractivity contribution in [3.63, 3.8) is 0 Å². The van der Waals surface area contributed by atoms with E-state index in [1.807, 2.05) is 18.2 Å². The van der Waals surface area contributed by atoms with Crippen molar-refractivity contribution < 1.29 is 18.0 Å². The van der Waals surface area contributed by atoms with Gasteiger partial charge in [0.15, 0.2) is 0 Å². The second kappa shape index (κ2) is 11.3. The van der Waals surface area contributed by atoms with E-state index >= 15 is 0 Å². The summed E-state index contributed by atoms with van der Waals surface area (Å²) in [5, 5.41) is 4.25. The Hall–Kier alpha value is -3.42. The van der Waals surface area contributed by atoms with Crippen molar-refractivity contribution in [2.45, 2.75) is 31.6 Å². The van der Waals surface area contributed by atoms with Crippen molar-refractivity contribution in [2.75, 3.05) is 13.1 Å². The molecule has 5 rings (SSSR count). The number of nitrogens with zero attached hydrogens (tertiary/aromatic N) is 2. The molecule has 1 N–H and O–H groups in total. The Morgan fingerprint density at radius 2 is 1.57 bits per heavy atom. The molecule has 0 aliphatic carbocycles. The number of piperidine rings is 1. The number of carbonyl (C=O) groups excluding carboxylic acids is 1. The number of hydrogen-bond acceptors (Lipinski definition) is 3. The van der Waals surface area contributed by atoms with Crippen LogP contribution in [0.15, 0.2) is 84.9 Å². The zero-order chi connectivity index (χ0) is 25.1. The predicted molar refractivity (Wildman–Crippen MR) is 142 cm³/mol. The second-order valence-electron chi connectivity index (χ2n) is 9.14. The van der Waals surface area contributed by atoms with Crippen LogP contribution in [0.3, 0.4) is 0 Å². The lowest BCUT2D eigenvalue weighted by Gasteiger charge is -2.32. The Balaban J connectivity index is 0.00000320. The summed E-state index contributed by atoms with van der Waals surface area (Å²) < 4.78 is 38.8. The van der Waals surface area contributed by atoms with Crippen LogP contribution in [0, 0.1) is 0 Å². The molecule has 1 amide bonds. The van der Waals surface area contributed by atoms with Gasteiger partial charge in [-0.05, 0) is 54.3 Å². The molecule has 37 heavy (non-hydrogen) atoms. The van der Waals surface area contributed by atoms with Gasteiger partial charge in [0.05, 0.1) is 16.8 Å². The van der Waals surface area contributed by atoms with Crippen LogP contribution in [-0.2, 0) is 12.7 Å². The molecule has 0 bridgehead atoms. The molecule has 0 radical (unpaired) electrons. The number of carbonyl (C=O) groups is 1. The van der Waals surface area contributed by atoms with E-state index in [-0.39, 0.29) is 24.4 Å². The minimum Gasteiger partial charge on any atom is -0.349 e. The van der Waals surface area contributed by atoms with Gasteiger partial charge in [0, 0.05) is 36.6 Å². The van der Waals surface area contributed by atoms with Crippen LogP contribution in [-0.4, -0.2) is 34.9 Å². The van der Waals surface area contributed by atoms with Crippen LogP contribution in [0.1, 0.15) is 34.5 Å². The highest BCUT2D eigenvalue weighted by Gasteiger charge is 2.30. The molecule has 0 saturated carbocycles. The van der Waals surface area contributed by atoms with E-state index in [1.165, 1.54) is 12.1 Å². The molecular weight excluding hydrogens is 499 g/mol. The minimum atomic E-state index is -4.39. The number of halogens is 4. The van der Waals surface area contributed by atoms with Crippen LogP contribution in [0.4, 0.5) is 13.2 Å². The van der Waals surface area contributed by atoms with Crippen LogP contribution in [0.25, 0.3) is 22.0 Å². The monoisotopic (exact) mass is 525 g/mol. The third kappa shape index (κ3) is 6.29. The average molecular weight is 526 g/mol. The molecule has 1 saturated heterocycles. The van der Waals surface area contributed by atoms with Crippen molar-refractivity contribution in [3.05, 3.63) is 102 Å². The second-order valence-corrected chi connectivity index (χ2v) is 9.14. The third-order valence-corrected chi connectivity index (χ3v) is 6.66. The number of para-hydroxylation sites is 1. The lowest BCUT2D eigenvalue weighted by Crippen LogP contribution is -2.44. The smallest absolute Gasteiger partial charge is 0.349 e. The summed E-state index contributed by atoms with van der Waals surface area (Å²) in [5.41, 5.74) is 2.96. The summed E-state index contributed by atoms with van der Waals surface area (Å²) in [6, 6.07) is 24.2. The first-order chi connectivity index (χ1) is 17.4. The molecule has 1 aliphatic heterocycles. The molecule has 0 spiro atoms. The summed E-state index contributed by atoms with van der Waals surface area (Å²) in [6.45, 7) is 2.46. The SMILES string of the molecule is Cl.O=C(NC1CCN(Cc2ccc3ccccc3n2)CC1)c1ccccc1-c1ccc(C(F)(F)F)cc1. The Labute approximate surface area is 219 Å². The maximum Gasteiger partial charge on any atom is 0.416 e. The van der Waals surface area contributed by atoms with Gasteiger partial charge in [0.25, 0.3) is 5.91 Å². The quantitative estimate of drug-likeness (QED) is 0.314. The van der Waals surface area contributed by atoms with Gasteiger partial charge in [0.2, 0.25) is 0 Å². The zero-order valence-electron chi connectivity index (χ0n) is 20.0. The van der Waals surface area contributed by atoms with Crippen LogP contribution in [0.5, 0.6) is 0 Å². The Bertz CT molecular complexity index is 1370. The van der Waals surface area contributed by atoms with E-state index in [1.54, 1.807) is 24.3 Å². The van der Waals surface area contributed by atoms with E-state index < -0.39 is 11.7 Å². The van der Waals surface area contributed by atoms with E-state index in [0.29, 0.717) is 16.7 Å². The number of pyridine rings is 1. The molecule has 1 aromatic heterocycles. The Morgan fingerprint density at radius 3 is 2.30 bits per heavy atom.